The molecule has 1 saturated heterocycles. The van der Waals surface area contributed by atoms with Crippen molar-refractivity contribution in [2.75, 3.05) is 30.3 Å². The molecule has 0 spiro atoms. The van der Waals surface area contributed by atoms with Crippen LogP contribution in [0.25, 0.3) is 0 Å². The summed E-state index contributed by atoms with van der Waals surface area (Å²) in [5, 5.41) is 4.95. The zero-order valence-corrected chi connectivity index (χ0v) is 12.7. The fraction of sp³-hybridized carbons (Fsp3) is 0.571. The molecule has 0 aromatic heterocycles. The van der Waals surface area contributed by atoms with Crippen LogP contribution < -0.4 is 10.2 Å². The predicted molar refractivity (Wildman–Crippen MR) is 83.0 cm³/mol. The number of hydrogen-bond acceptors (Lipinski definition) is 3. The molecule has 1 aliphatic heterocycles. The van der Waals surface area contributed by atoms with Crippen molar-refractivity contribution in [3.05, 3.63) is 28.8 Å². The highest BCUT2D eigenvalue weighted by atomic mass is 35.5. The quantitative estimate of drug-likeness (QED) is 0.912. The van der Waals surface area contributed by atoms with Crippen LogP contribution in [0.3, 0.4) is 0 Å². The summed E-state index contributed by atoms with van der Waals surface area (Å²) >= 11 is 8.46. The molecular weight excluding hydrogens is 264 g/mol. The first-order valence-electron chi connectivity index (χ1n) is 6.57. The molecule has 2 nitrogen and oxygen atoms in total. The molecule has 0 saturated carbocycles. The largest absolute Gasteiger partial charge is 0.368 e. The number of nitrogens with one attached hydrogen (secondary N) is 1. The van der Waals surface area contributed by atoms with Crippen molar-refractivity contribution in [2.24, 2.45) is 0 Å². The Morgan fingerprint density at radius 1 is 1.50 bits per heavy atom. The van der Waals surface area contributed by atoms with Crippen molar-refractivity contribution < 1.29 is 0 Å². The van der Waals surface area contributed by atoms with Crippen LogP contribution in [0.4, 0.5) is 5.69 Å². The van der Waals surface area contributed by atoms with Gasteiger partial charge in [-0.3, -0.25) is 0 Å². The number of anilines is 1. The minimum atomic E-state index is 0.682. The Bertz CT molecular complexity index is 397. The zero-order chi connectivity index (χ0) is 13.0. The molecule has 0 amide bonds. The van der Waals surface area contributed by atoms with E-state index in [1.54, 1.807) is 0 Å². The van der Waals surface area contributed by atoms with Crippen LogP contribution >= 0.6 is 23.4 Å². The van der Waals surface area contributed by atoms with Gasteiger partial charge in [0.15, 0.2) is 0 Å². The third-order valence-corrected chi connectivity index (χ3v) is 4.63. The summed E-state index contributed by atoms with van der Waals surface area (Å²) < 4.78 is 0. The van der Waals surface area contributed by atoms with E-state index in [0.717, 1.165) is 31.2 Å². The van der Waals surface area contributed by atoms with Gasteiger partial charge in [-0.15, -0.1) is 0 Å². The number of rotatable bonds is 4. The van der Waals surface area contributed by atoms with Crippen LogP contribution in [-0.4, -0.2) is 30.6 Å². The third kappa shape index (κ3) is 3.34. The molecule has 1 heterocycles. The number of halogens is 1. The van der Waals surface area contributed by atoms with Crippen molar-refractivity contribution in [3.63, 3.8) is 0 Å². The van der Waals surface area contributed by atoms with E-state index in [1.165, 1.54) is 17.0 Å². The van der Waals surface area contributed by atoms with E-state index in [4.69, 9.17) is 11.6 Å². The highest BCUT2D eigenvalue weighted by Gasteiger charge is 2.21. The second-order valence-electron chi connectivity index (χ2n) is 4.66. The topological polar surface area (TPSA) is 15.3 Å². The molecule has 1 aromatic carbocycles. The standard InChI is InChI=1S/C14H21ClN2S/c1-3-16-9-12-5-4-6-13(15)14(12)17-7-8-18-11(2)10-17/h4-6,11,16H,3,7-10H2,1-2H3. The van der Waals surface area contributed by atoms with E-state index in [0.29, 0.717) is 5.25 Å². The molecular formula is C14H21ClN2S. The molecule has 0 aliphatic carbocycles. The number of thioether (sulfide) groups is 1. The maximum absolute atomic E-state index is 6.41. The van der Waals surface area contributed by atoms with E-state index in [-0.39, 0.29) is 0 Å². The monoisotopic (exact) mass is 284 g/mol. The zero-order valence-electron chi connectivity index (χ0n) is 11.1. The third-order valence-electron chi connectivity index (χ3n) is 3.19. The summed E-state index contributed by atoms with van der Waals surface area (Å²) in [6.07, 6.45) is 0. The van der Waals surface area contributed by atoms with Crippen molar-refractivity contribution >= 4 is 29.1 Å². The van der Waals surface area contributed by atoms with Crippen LogP contribution in [0, 0.1) is 0 Å². The van der Waals surface area contributed by atoms with E-state index >= 15 is 0 Å². The maximum atomic E-state index is 6.41. The van der Waals surface area contributed by atoms with Gasteiger partial charge >= 0.3 is 0 Å². The van der Waals surface area contributed by atoms with Crippen molar-refractivity contribution in [1.29, 1.82) is 0 Å². The first-order valence-corrected chi connectivity index (χ1v) is 7.99. The molecule has 0 radical (unpaired) electrons. The second-order valence-corrected chi connectivity index (χ2v) is 6.61. The van der Waals surface area contributed by atoms with Gasteiger partial charge < -0.3 is 10.2 Å². The Morgan fingerprint density at radius 3 is 3.06 bits per heavy atom. The smallest absolute Gasteiger partial charge is 0.0642 e. The Balaban J connectivity index is 2.23. The molecule has 1 aliphatic rings. The summed E-state index contributed by atoms with van der Waals surface area (Å²) in [7, 11) is 0. The van der Waals surface area contributed by atoms with E-state index in [9.17, 15) is 0 Å². The van der Waals surface area contributed by atoms with Crippen LogP contribution in [0.5, 0.6) is 0 Å². The minimum Gasteiger partial charge on any atom is -0.368 e. The Labute approximate surface area is 119 Å². The summed E-state index contributed by atoms with van der Waals surface area (Å²) in [5.74, 6) is 1.19. The molecule has 1 aromatic rings. The van der Waals surface area contributed by atoms with Gasteiger partial charge in [-0.2, -0.15) is 11.8 Å². The fourth-order valence-corrected chi connectivity index (χ4v) is 3.67. The van der Waals surface area contributed by atoms with Gasteiger partial charge in [0, 0.05) is 30.6 Å². The summed E-state index contributed by atoms with van der Waals surface area (Å²) in [5.41, 5.74) is 2.54. The van der Waals surface area contributed by atoms with Gasteiger partial charge in [0.05, 0.1) is 10.7 Å². The lowest BCUT2D eigenvalue weighted by molar-refractivity contribution is 0.715. The maximum Gasteiger partial charge on any atom is 0.0642 e. The van der Waals surface area contributed by atoms with Gasteiger partial charge in [-0.25, -0.2) is 0 Å². The molecule has 2 rings (SSSR count). The van der Waals surface area contributed by atoms with Gasteiger partial charge in [0.1, 0.15) is 0 Å². The van der Waals surface area contributed by atoms with Gasteiger partial charge in [0.25, 0.3) is 0 Å². The lowest BCUT2D eigenvalue weighted by Crippen LogP contribution is -2.37. The van der Waals surface area contributed by atoms with E-state index < -0.39 is 0 Å². The molecule has 18 heavy (non-hydrogen) atoms. The van der Waals surface area contributed by atoms with Crippen LogP contribution in [0.2, 0.25) is 5.02 Å². The first kappa shape index (κ1) is 14.0. The van der Waals surface area contributed by atoms with Crippen molar-refractivity contribution in [1.82, 2.24) is 5.32 Å². The Hall–Kier alpha value is -0.380. The SMILES string of the molecule is CCNCc1cccc(Cl)c1N1CCSC(C)C1. The molecule has 1 atom stereocenters. The molecule has 0 bridgehead atoms. The van der Waals surface area contributed by atoms with Crippen LogP contribution in [-0.2, 0) is 6.54 Å². The predicted octanol–water partition coefficient (Wildman–Crippen LogP) is 3.39. The highest BCUT2D eigenvalue weighted by molar-refractivity contribution is 8.00. The lowest BCUT2D eigenvalue weighted by atomic mass is 10.1. The molecule has 1 N–H and O–H groups in total. The number of nitrogens with zero attached hydrogens (tertiary/aromatic N) is 1. The van der Waals surface area contributed by atoms with Gasteiger partial charge in [-0.05, 0) is 18.2 Å². The summed E-state index contributed by atoms with van der Waals surface area (Å²) in [6, 6.07) is 6.22. The second kappa shape index (κ2) is 6.69. The Morgan fingerprint density at radius 2 is 2.33 bits per heavy atom. The van der Waals surface area contributed by atoms with Gasteiger partial charge in [-0.1, -0.05) is 37.6 Å². The van der Waals surface area contributed by atoms with Crippen molar-refractivity contribution in [3.8, 4) is 0 Å². The van der Waals surface area contributed by atoms with E-state index in [2.05, 4.69) is 30.1 Å². The van der Waals surface area contributed by atoms with E-state index in [1.807, 2.05) is 23.9 Å². The summed E-state index contributed by atoms with van der Waals surface area (Å²) in [6.45, 7) is 8.48. The molecule has 100 valence electrons. The van der Waals surface area contributed by atoms with Crippen LogP contribution in [0.1, 0.15) is 19.4 Å². The normalized spacial score (nSPS) is 20.2. The molecule has 1 unspecified atom stereocenters. The highest BCUT2D eigenvalue weighted by Crippen LogP contribution is 2.33. The first-order chi connectivity index (χ1) is 8.72. The van der Waals surface area contributed by atoms with Gasteiger partial charge in [0.2, 0.25) is 0 Å². The molecule has 4 heteroatoms. The Kier molecular flexibility index (Phi) is 5.22. The number of para-hydroxylation sites is 1. The average Bonchev–Trinajstić information content (AvgIpc) is 2.36. The van der Waals surface area contributed by atoms with Crippen molar-refractivity contribution in [2.45, 2.75) is 25.6 Å². The van der Waals surface area contributed by atoms with Crippen LogP contribution in [0.15, 0.2) is 18.2 Å². The average molecular weight is 285 g/mol. The summed E-state index contributed by atoms with van der Waals surface area (Å²) in [4.78, 5) is 2.44. The number of hydrogen-bond donors (Lipinski definition) is 1. The lowest BCUT2D eigenvalue weighted by Gasteiger charge is -2.34. The fourth-order valence-electron chi connectivity index (χ4n) is 2.34. The molecule has 1 fully saturated rings. The number of benzene rings is 1. The minimum absolute atomic E-state index is 0.682.